The molecule has 108 valence electrons. The Bertz CT molecular complexity index is 618. The largest absolute Gasteiger partial charge is 0.481 e. The molecule has 0 saturated carbocycles. The number of hydrogen-bond acceptors (Lipinski definition) is 3. The Kier molecular flexibility index (Phi) is 3.85. The van der Waals surface area contributed by atoms with Crippen molar-refractivity contribution in [1.29, 1.82) is 0 Å². The number of carbonyl (C=O) groups is 1. The van der Waals surface area contributed by atoms with Crippen molar-refractivity contribution in [1.82, 2.24) is 9.78 Å². The predicted octanol–water partition coefficient (Wildman–Crippen LogP) is 3.67. The molecule has 8 heteroatoms. The molecule has 2 aromatic rings. The summed E-state index contributed by atoms with van der Waals surface area (Å²) in [4.78, 5) is 10.6. The van der Waals surface area contributed by atoms with Crippen molar-refractivity contribution in [2.24, 2.45) is 0 Å². The van der Waals surface area contributed by atoms with Crippen LogP contribution in [0.3, 0.4) is 0 Å². The summed E-state index contributed by atoms with van der Waals surface area (Å²) in [5.41, 5.74) is -0.306. The Labute approximate surface area is 116 Å². The van der Waals surface area contributed by atoms with E-state index in [1.807, 2.05) is 0 Å². The molecule has 0 aliphatic rings. The van der Waals surface area contributed by atoms with Crippen molar-refractivity contribution in [3.8, 4) is 11.1 Å². The van der Waals surface area contributed by atoms with E-state index in [2.05, 4.69) is 5.10 Å². The van der Waals surface area contributed by atoms with Gasteiger partial charge in [-0.15, -0.1) is 0 Å². The van der Waals surface area contributed by atoms with Crippen LogP contribution in [0.5, 0.6) is 0 Å². The van der Waals surface area contributed by atoms with Crippen LogP contribution in [0.4, 0.5) is 13.2 Å². The van der Waals surface area contributed by atoms with Gasteiger partial charge in [-0.25, -0.2) is 0 Å². The van der Waals surface area contributed by atoms with Gasteiger partial charge in [0.1, 0.15) is 0 Å². The smallest absolute Gasteiger partial charge is 0.417 e. The summed E-state index contributed by atoms with van der Waals surface area (Å²) in [6, 6.07) is -0.422. The summed E-state index contributed by atoms with van der Waals surface area (Å²) >= 11 is 0.965. The average Bonchev–Trinajstić information content (AvgIpc) is 2.96. The molecule has 0 bridgehead atoms. The van der Waals surface area contributed by atoms with Crippen molar-refractivity contribution >= 4 is 17.3 Å². The lowest BCUT2D eigenvalue weighted by molar-refractivity contribution is -0.138. The highest BCUT2D eigenvalue weighted by Gasteiger charge is 2.34. The number of carboxylic acid groups (broad SMARTS) is 1. The summed E-state index contributed by atoms with van der Waals surface area (Å²) in [5.74, 6) is -0.985. The molecule has 4 nitrogen and oxygen atoms in total. The highest BCUT2D eigenvalue weighted by Crippen LogP contribution is 2.39. The highest BCUT2D eigenvalue weighted by atomic mass is 32.1. The number of carboxylic acids is 1. The van der Waals surface area contributed by atoms with Crippen LogP contribution in [0.15, 0.2) is 23.2 Å². The molecule has 0 spiro atoms. The van der Waals surface area contributed by atoms with Gasteiger partial charge in [-0.1, -0.05) is 0 Å². The number of alkyl halides is 3. The van der Waals surface area contributed by atoms with Crippen LogP contribution in [-0.4, -0.2) is 20.9 Å². The van der Waals surface area contributed by atoms with E-state index in [-0.39, 0.29) is 12.0 Å². The number of rotatable bonds is 4. The van der Waals surface area contributed by atoms with E-state index in [0.29, 0.717) is 5.56 Å². The Balaban J connectivity index is 2.30. The van der Waals surface area contributed by atoms with Gasteiger partial charge < -0.3 is 5.11 Å². The zero-order valence-electron chi connectivity index (χ0n) is 10.4. The summed E-state index contributed by atoms with van der Waals surface area (Å²) in [7, 11) is 0. The van der Waals surface area contributed by atoms with Crippen molar-refractivity contribution in [3.05, 3.63) is 28.7 Å². The van der Waals surface area contributed by atoms with E-state index in [0.717, 1.165) is 16.7 Å². The third-order valence-corrected chi connectivity index (χ3v) is 3.55. The van der Waals surface area contributed by atoms with E-state index in [1.54, 1.807) is 6.92 Å². The minimum Gasteiger partial charge on any atom is -0.481 e. The van der Waals surface area contributed by atoms with Crippen LogP contribution < -0.4 is 0 Å². The summed E-state index contributed by atoms with van der Waals surface area (Å²) < 4.78 is 39.8. The van der Waals surface area contributed by atoms with E-state index >= 15 is 0 Å². The second-order valence-electron chi connectivity index (χ2n) is 4.35. The molecule has 1 N–H and O–H groups in total. The van der Waals surface area contributed by atoms with Gasteiger partial charge in [0.2, 0.25) is 0 Å². The Hall–Kier alpha value is -1.83. The fourth-order valence-electron chi connectivity index (χ4n) is 1.80. The van der Waals surface area contributed by atoms with Crippen molar-refractivity contribution in [3.63, 3.8) is 0 Å². The maximum atomic E-state index is 12.8. The molecule has 2 rings (SSSR count). The molecule has 0 aliphatic carbocycles. The van der Waals surface area contributed by atoms with Gasteiger partial charge in [-0.05, 0) is 12.3 Å². The zero-order valence-corrected chi connectivity index (χ0v) is 11.2. The summed E-state index contributed by atoms with van der Waals surface area (Å²) in [5, 5.41) is 15.1. The molecule has 2 aromatic heterocycles. The third-order valence-electron chi connectivity index (χ3n) is 2.80. The minimum atomic E-state index is -4.41. The molecule has 2 heterocycles. The zero-order chi connectivity index (χ0) is 14.9. The molecule has 0 aliphatic heterocycles. The Morgan fingerprint density at radius 2 is 2.20 bits per heavy atom. The number of aliphatic carboxylic acids is 1. The molecule has 0 fully saturated rings. The van der Waals surface area contributed by atoms with Gasteiger partial charge in [0.05, 0.1) is 24.2 Å². The van der Waals surface area contributed by atoms with E-state index in [9.17, 15) is 18.0 Å². The molecule has 1 atom stereocenters. The summed E-state index contributed by atoms with van der Waals surface area (Å²) in [6.07, 6.45) is -1.80. The van der Waals surface area contributed by atoms with Crippen molar-refractivity contribution in [2.75, 3.05) is 0 Å². The Morgan fingerprint density at radius 3 is 2.80 bits per heavy atom. The standard InChI is InChI=1S/C12H11F3N2O2S/c1-7(2-11(18)19)17-4-8(3-16-17)9-5-20-6-10(9)12(13,14)15/h3-7H,2H2,1H3,(H,18,19). The predicted molar refractivity (Wildman–Crippen MR) is 67.5 cm³/mol. The topological polar surface area (TPSA) is 55.1 Å². The van der Waals surface area contributed by atoms with E-state index in [4.69, 9.17) is 5.11 Å². The molecule has 0 saturated heterocycles. The fourth-order valence-corrected chi connectivity index (χ4v) is 2.67. The molecule has 0 radical (unpaired) electrons. The minimum absolute atomic E-state index is 0.0660. The van der Waals surface area contributed by atoms with Crippen molar-refractivity contribution < 1.29 is 23.1 Å². The number of thiophene rings is 1. The molecular formula is C12H11F3N2O2S. The number of aromatic nitrogens is 2. The summed E-state index contributed by atoms with van der Waals surface area (Å²) in [6.45, 7) is 1.64. The molecule has 0 aromatic carbocycles. The number of nitrogens with zero attached hydrogens (tertiary/aromatic N) is 2. The van der Waals surface area contributed by atoms with Crippen LogP contribution in [-0.2, 0) is 11.0 Å². The maximum absolute atomic E-state index is 12.8. The van der Waals surface area contributed by atoms with Crippen molar-refractivity contribution in [2.45, 2.75) is 25.6 Å². The van der Waals surface area contributed by atoms with Crippen LogP contribution in [0, 0.1) is 0 Å². The van der Waals surface area contributed by atoms with Crippen LogP contribution in [0.1, 0.15) is 24.9 Å². The first-order valence-electron chi connectivity index (χ1n) is 5.68. The lowest BCUT2D eigenvalue weighted by atomic mass is 10.1. The third kappa shape index (κ3) is 3.01. The lowest BCUT2D eigenvalue weighted by Crippen LogP contribution is -2.10. The maximum Gasteiger partial charge on any atom is 0.417 e. The van der Waals surface area contributed by atoms with Gasteiger partial charge in [0, 0.05) is 22.7 Å². The van der Waals surface area contributed by atoms with Crippen LogP contribution in [0.25, 0.3) is 11.1 Å². The second kappa shape index (κ2) is 5.28. The first kappa shape index (κ1) is 14.6. The van der Waals surface area contributed by atoms with E-state index < -0.39 is 23.8 Å². The first-order valence-corrected chi connectivity index (χ1v) is 6.63. The van der Waals surface area contributed by atoms with Crippen LogP contribution in [0.2, 0.25) is 0 Å². The lowest BCUT2D eigenvalue weighted by Gasteiger charge is -2.09. The second-order valence-corrected chi connectivity index (χ2v) is 5.10. The number of halogens is 3. The fraction of sp³-hybridized carbons (Fsp3) is 0.333. The Morgan fingerprint density at radius 1 is 1.50 bits per heavy atom. The average molecular weight is 304 g/mol. The first-order chi connectivity index (χ1) is 9.29. The molecule has 20 heavy (non-hydrogen) atoms. The number of hydrogen-bond donors (Lipinski definition) is 1. The van der Waals surface area contributed by atoms with Gasteiger partial charge >= 0.3 is 12.1 Å². The monoisotopic (exact) mass is 304 g/mol. The molecular weight excluding hydrogens is 293 g/mol. The highest BCUT2D eigenvalue weighted by molar-refractivity contribution is 7.08. The molecule has 0 amide bonds. The van der Waals surface area contributed by atoms with Gasteiger partial charge in [-0.2, -0.15) is 29.6 Å². The quantitative estimate of drug-likeness (QED) is 0.937. The van der Waals surface area contributed by atoms with Gasteiger partial charge in [0.15, 0.2) is 0 Å². The molecule has 1 unspecified atom stereocenters. The van der Waals surface area contributed by atoms with Crippen LogP contribution >= 0.6 is 11.3 Å². The van der Waals surface area contributed by atoms with E-state index in [1.165, 1.54) is 22.5 Å². The normalized spacial score (nSPS) is 13.4. The SMILES string of the molecule is CC(CC(=O)O)n1cc(-c2cscc2C(F)(F)F)cn1. The van der Waals surface area contributed by atoms with Gasteiger partial charge in [-0.3, -0.25) is 9.48 Å². The van der Waals surface area contributed by atoms with Gasteiger partial charge in [0.25, 0.3) is 0 Å².